The second-order valence-electron chi connectivity index (χ2n) is 11.4. The highest BCUT2D eigenvalue weighted by molar-refractivity contribution is 7.10. The van der Waals surface area contributed by atoms with Gasteiger partial charge in [-0.05, 0) is 37.2 Å². The Kier molecular flexibility index (Phi) is 12.6. The number of benzene rings is 1. The minimum atomic E-state index is -0.809. The summed E-state index contributed by atoms with van der Waals surface area (Å²) in [6, 6.07) is 7.98. The van der Waals surface area contributed by atoms with E-state index in [1.54, 1.807) is 15.7 Å². The van der Waals surface area contributed by atoms with E-state index in [2.05, 4.69) is 31.2 Å². The molecule has 1 aliphatic rings. The maximum atomic E-state index is 13.5. The highest BCUT2D eigenvalue weighted by Gasteiger charge is 2.25. The summed E-state index contributed by atoms with van der Waals surface area (Å²) in [7, 11) is 0. The number of nitrogens with zero attached hydrogens (tertiary/aromatic N) is 3. The molecule has 3 aromatic rings. The smallest absolute Gasteiger partial charge is 0.312 e. The maximum absolute atomic E-state index is 13.5. The first kappa shape index (κ1) is 34.5. The number of carbonyl (C=O) groups is 5. The van der Waals surface area contributed by atoms with Crippen LogP contribution in [-0.4, -0.2) is 70.7 Å². The molecule has 1 aliphatic heterocycles. The number of carbonyl (C=O) groups excluding carboxylic acids is 5. The highest BCUT2D eigenvalue weighted by atomic mass is 32.1. The van der Waals surface area contributed by atoms with E-state index in [4.69, 9.17) is 5.73 Å². The van der Waals surface area contributed by atoms with Gasteiger partial charge in [-0.25, -0.2) is 14.8 Å². The molecular weight excluding hydrogens is 629 g/mol. The number of hydrogen-bond donors (Lipinski definition) is 5. The third-order valence-corrected chi connectivity index (χ3v) is 9.14. The lowest BCUT2D eigenvalue weighted by Gasteiger charge is -2.23. The van der Waals surface area contributed by atoms with Gasteiger partial charge in [-0.1, -0.05) is 44.2 Å². The van der Waals surface area contributed by atoms with Gasteiger partial charge in [0.2, 0.25) is 11.8 Å². The van der Waals surface area contributed by atoms with E-state index in [0.29, 0.717) is 42.2 Å². The van der Waals surface area contributed by atoms with Crippen molar-refractivity contribution >= 4 is 52.3 Å². The van der Waals surface area contributed by atoms with Crippen LogP contribution in [0.5, 0.6) is 0 Å². The van der Waals surface area contributed by atoms with E-state index in [0.717, 1.165) is 5.56 Å². The minimum absolute atomic E-state index is 0.157. The number of amides is 6. The lowest BCUT2D eigenvalue weighted by atomic mass is 10.0. The topological polar surface area (TPSA) is 189 Å². The molecule has 0 radical (unpaired) electrons. The standard InChI is InChI=1S/C31H40N8O5S2/c1-19(2)14-21-29-38-24(18-46-29)28(43)36-22(15-20-8-4-3-5-9-20)30-37-23(17-45-30)27(42)33-11-7-13-39(12-6-10-25(40)35-21)26(41)16-34-31(32)44/h3-5,8-9,17-19,21-22H,6-7,10-16H2,1-2H3,(H,33,42)(H,35,40)(H,36,43)(H3,32,34,44)/t21-,22-/m0/s1. The predicted octanol–water partition coefficient (Wildman–Crippen LogP) is 2.93. The van der Waals surface area contributed by atoms with Crippen LogP contribution in [0.3, 0.4) is 0 Å². The number of nitrogens with one attached hydrogen (secondary N) is 4. The molecule has 0 fully saturated rings. The Hall–Kier alpha value is -4.37. The van der Waals surface area contributed by atoms with E-state index >= 15 is 0 Å². The van der Waals surface area contributed by atoms with Crippen LogP contribution in [0.1, 0.15) is 88.2 Å². The third kappa shape index (κ3) is 10.3. The van der Waals surface area contributed by atoms with E-state index in [9.17, 15) is 24.0 Å². The van der Waals surface area contributed by atoms with Gasteiger partial charge in [0.25, 0.3) is 11.8 Å². The van der Waals surface area contributed by atoms with Gasteiger partial charge in [0.15, 0.2) is 0 Å². The zero-order valence-electron chi connectivity index (χ0n) is 25.9. The zero-order chi connectivity index (χ0) is 33.1. The van der Waals surface area contributed by atoms with Gasteiger partial charge < -0.3 is 31.9 Å². The molecule has 0 unspecified atom stereocenters. The maximum Gasteiger partial charge on any atom is 0.312 e. The van der Waals surface area contributed by atoms with Gasteiger partial charge in [0.05, 0.1) is 18.6 Å². The Labute approximate surface area is 275 Å². The molecule has 13 nitrogen and oxygen atoms in total. The molecule has 4 bridgehead atoms. The Morgan fingerprint density at radius 1 is 0.957 bits per heavy atom. The molecule has 6 N–H and O–H groups in total. The molecule has 0 spiro atoms. The summed E-state index contributed by atoms with van der Waals surface area (Å²) in [5.74, 6) is -1.04. The molecule has 15 heteroatoms. The van der Waals surface area contributed by atoms with Crippen molar-refractivity contribution in [1.29, 1.82) is 0 Å². The van der Waals surface area contributed by atoms with Crippen LogP contribution in [-0.2, 0) is 16.0 Å². The Balaban J connectivity index is 1.60. The Morgan fingerprint density at radius 2 is 1.61 bits per heavy atom. The van der Waals surface area contributed by atoms with Gasteiger partial charge in [-0.15, -0.1) is 22.7 Å². The predicted molar refractivity (Wildman–Crippen MR) is 175 cm³/mol. The van der Waals surface area contributed by atoms with Crippen molar-refractivity contribution < 1.29 is 24.0 Å². The van der Waals surface area contributed by atoms with Gasteiger partial charge in [-0.3, -0.25) is 19.2 Å². The summed E-state index contributed by atoms with van der Waals surface area (Å²) in [5, 5.41) is 15.8. The Morgan fingerprint density at radius 3 is 2.28 bits per heavy atom. The number of thiazole rings is 2. The number of nitrogens with two attached hydrogens (primary N) is 1. The highest BCUT2D eigenvalue weighted by Crippen LogP contribution is 2.27. The molecular formula is C31H40N8O5S2. The van der Waals surface area contributed by atoms with Crippen LogP contribution < -0.4 is 27.0 Å². The second-order valence-corrected chi connectivity index (χ2v) is 13.2. The Bertz CT molecular complexity index is 1510. The van der Waals surface area contributed by atoms with Crippen LogP contribution in [0, 0.1) is 5.92 Å². The molecule has 6 amide bonds. The van der Waals surface area contributed by atoms with Gasteiger partial charge in [0, 0.05) is 36.8 Å². The minimum Gasteiger partial charge on any atom is -0.352 e. The van der Waals surface area contributed by atoms with Crippen molar-refractivity contribution in [2.24, 2.45) is 11.7 Å². The quantitative estimate of drug-likeness (QED) is 0.267. The fourth-order valence-electron chi connectivity index (χ4n) is 4.97. The molecule has 0 saturated heterocycles. The van der Waals surface area contributed by atoms with Gasteiger partial charge >= 0.3 is 6.03 Å². The van der Waals surface area contributed by atoms with Crippen molar-refractivity contribution in [3.05, 3.63) is 68.1 Å². The zero-order valence-corrected chi connectivity index (χ0v) is 27.5. The van der Waals surface area contributed by atoms with Crippen LogP contribution in [0.15, 0.2) is 41.1 Å². The molecule has 246 valence electrons. The number of fused-ring (bicyclic) bond motifs is 4. The molecule has 2 atom stereocenters. The number of hydrogen-bond acceptors (Lipinski definition) is 9. The monoisotopic (exact) mass is 668 g/mol. The molecule has 2 aromatic heterocycles. The number of rotatable bonds is 6. The average molecular weight is 669 g/mol. The van der Waals surface area contributed by atoms with Crippen molar-refractivity contribution in [3.8, 4) is 0 Å². The van der Waals surface area contributed by atoms with Crippen LogP contribution in [0.4, 0.5) is 4.79 Å². The average Bonchev–Trinajstić information content (AvgIpc) is 3.71. The van der Waals surface area contributed by atoms with Crippen molar-refractivity contribution in [2.45, 2.75) is 58.0 Å². The first-order valence-corrected chi connectivity index (χ1v) is 17.0. The van der Waals surface area contributed by atoms with Crippen molar-refractivity contribution in [3.63, 3.8) is 0 Å². The lowest BCUT2D eigenvalue weighted by molar-refractivity contribution is -0.130. The van der Waals surface area contributed by atoms with Gasteiger partial charge in [-0.2, -0.15) is 0 Å². The first-order valence-electron chi connectivity index (χ1n) is 15.2. The fraction of sp³-hybridized carbons (Fsp3) is 0.452. The molecule has 0 aliphatic carbocycles. The number of primary amides is 1. The van der Waals surface area contributed by atoms with E-state index < -0.39 is 12.1 Å². The SMILES string of the molecule is CC(C)C[C@@H]1NC(=O)CCCN(C(=O)CNC(N)=O)CCCNC(=O)c2csc(n2)[C@H](Cc2ccccc2)NC(=O)c2csc1n2. The molecule has 0 saturated carbocycles. The van der Waals surface area contributed by atoms with Gasteiger partial charge in [0.1, 0.15) is 21.4 Å². The lowest BCUT2D eigenvalue weighted by Crippen LogP contribution is -2.43. The second kappa shape index (κ2) is 16.8. The van der Waals surface area contributed by atoms with Crippen LogP contribution in [0.25, 0.3) is 0 Å². The molecule has 3 heterocycles. The summed E-state index contributed by atoms with van der Waals surface area (Å²) in [6.07, 6.45) is 2.06. The molecule has 46 heavy (non-hydrogen) atoms. The van der Waals surface area contributed by atoms with Crippen molar-refractivity contribution in [2.75, 3.05) is 26.2 Å². The van der Waals surface area contributed by atoms with Crippen LogP contribution >= 0.6 is 22.7 Å². The van der Waals surface area contributed by atoms with Crippen molar-refractivity contribution in [1.82, 2.24) is 36.1 Å². The van der Waals surface area contributed by atoms with E-state index in [-0.39, 0.29) is 73.0 Å². The summed E-state index contributed by atoms with van der Waals surface area (Å²) in [5.41, 5.74) is 6.59. The van der Waals surface area contributed by atoms with Crippen LogP contribution in [0.2, 0.25) is 0 Å². The third-order valence-electron chi connectivity index (χ3n) is 7.22. The number of urea groups is 1. The normalized spacial score (nSPS) is 18.6. The van der Waals surface area contributed by atoms with E-state index in [1.807, 2.05) is 44.2 Å². The summed E-state index contributed by atoms with van der Waals surface area (Å²) >= 11 is 2.59. The molecule has 1 aromatic carbocycles. The first-order chi connectivity index (χ1) is 22.1. The molecule has 4 rings (SSSR count). The van der Waals surface area contributed by atoms with E-state index in [1.165, 1.54) is 22.7 Å². The summed E-state index contributed by atoms with van der Waals surface area (Å²) < 4.78 is 0. The largest absolute Gasteiger partial charge is 0.352 e. The fourth-order valence-corrected chi connectivity index (χ4v) is 6.69. The summed E-state index contributed by atoms with van der Waals surface area (Å²) in [6.45, 7) is 4.67. The summed E-state index contributed by atoms with van der Waals surface area (Å²) in [4.78, 5) is 74.2. The number of aromatic nitrogens is 2.